The Balaban J connectivity index is 1.40. The number of hydrogen-bond acceptors (Lipinski definition) is 7. The predicted octanol–water partition coefficient (Wildman–Crippen LogP) is 3.53. The molecule has 1 aliphatic heterocycles. The smallest absolute Gasteiger partial charge is 0.305 e. The van der Waals surface area contributed by atoms with Crippen molar-refractivity contribution in [3.63, 3.8) is 0 Å². The van der Waals surface area contributed by atoms with E-state index in [0.717, 1.165) is 31.2 Å². The summed E-state index contributed by atoms with van der Waals surface area (Å²) in [4.78, 5) is 31.7. The van der Waals surface area contributed by atoms with Crippen LogP contribution in [0.5, 0.6) is 5.75 Å². The van der Waals surface area contributed by atoms with Gasteiger partial charge < -0.3 is 20.1 Å². The number of methoxy groups -OCH3 is 1. The lowest BCUT2D eigenvalue weighted by molar-refractivity contribution is -0.140. The number of halogens is 1. The Morgan fingerprint density at radius 2 is 1.97 bits per heavy atom. The first-order valence-corrected chi connectivity index (χ1v) is 10.3. The molecule has 2 aromatic rings. The molecule has 0 bridgehead atoms. The van der Waals surface area contributed by atoms with Crippen LogP contribution in [0.2, 0.25) is 5.02 Å². The molecule has 160 valence electrons. The molecule has 30 heavy (non-hydrogen) atoms. The van der Waals surface area contributed by atoms with Gasteiger partial charge in [0.2, 0.25) is 5.95 Å². The fourth-order valence-electron chi connectivity index (χ4n) is 3.16. The van der Waals surface area contributed by atoms with Crippen LogP contribution in [0.15, 0.2) is 30.6 Å². The van der Waals surface area contributed by atoms with Gasteiger partial charge in [-0.25, -0.2) is 9.97 Å². The first kappa shape index (κ1) is 21.8. The molecular formula is C21H25ClN4O4. The molecule has 8 nitrogen and oxygen atoms in total. The summed E-state index contributed by atoms with van der Waals surface area (Å²) in [6, 6.07) is 5.51. The first-order valence-electron chi connectivity index (χ1n) is 9.93. The van der Waals surface area contributed by atoms with Gasteiger partial charge in [-0.1, -0.05) is 36.6 Å². The summed E-state index contributed by atoms with van der Waals surface area (Å²) in [6.45, 7) is 0.998. The van der Waals surface area contributed by atoms with E-state index in [1.54, 1.807) is 6.07 Å². The van der Waals surface area contributed by atoms with Crippen LogP contribution in [-0.4, -0.2) is 42.1 Å². The van der Waals surface area contributed by atoms with E-state index < -0.39 is 0 Å². The van der Waals surface area contributed by atoms with Crippen LogP contribution in [-0.2, 0) is 9.53 Å². The molecular weight excluding hydrogens is 408 g/mol. The molecule has 0 saturated heterocycles. The number of unbranched alkanes of at least 4 members (excludes halogenated alkanes) is 3. The van der Waals surface area contributed by atoms with Gasteiger partial charge in [-0.05, 0) is 18.9 Å². The third kappa shape index (κ3) is 5.82. The number of nitrogens with one attached hydrogen (secondary N) is 2. The highest BCUT2D eigenvalue weighted by atomic mass is 35.5. The summed E-state index contributed by atoms with van der Waals surface area (Å²) in [5.41, 5.74) is 1.36. The number of carbonyl (C=O) groups excluding carboxylic acids is 2. The maximum Gasteiger partial charge on any atom is 0.305 e. The van der Waals surface area contributed by atoms with E-state index >= 15 is 0 Å². The van der Waals surface area contributed by atoms with E-state index in [2.05, 4.69) is 25.3 Å². The minimum atomic E-state index is -0.211. The number of aromatic nitrogens is 2. The molecule has 0 spiro atoms. The molecule has 9 heteroatoms. The van der Waals surface area contributed by atoms with Crippen LogP contribution in [0.4, 0.5) is 5.95 Å². The van der Waals surface area contributed by atoms with Crippen LogP contribution in [0.25, 0.3) is 0 Å². The molecule has 1 aromatic carbocycles. The molecule has 1 unspecified atom stereocenters. The molecule has 0 aliphatic carbocycles. The van der Waals surface area contributed by atoms with Crippen LogP contribution in [0.3, 0.4) is 0 Å². The number of rotatable bonds is 10. The predicted molar refractivity (Wildman–Crippen MR) is 113 cm³/mol. The Bertz CT molecular complexity index is 876. The zero-order valence-electron chi connectivity index (χ0n) is 16.8. The Morgan fingerprint density at radius 3 is 2.73 bits per heavy atom. The third-order valence-corrected chi connectivity index (χ3v) is 5.10. The summed E-state index contributed by atoms with van der Waals surface area (Å²) in [5.74, 6) is 0.698. The molecule has 2 N–H and O–H groups in total. The normalized spacial score (nSPS) is 14.5. The van der Waals surface area contributed by atoms with Gasteiger partial charge in [-0.3, -0.25) is 9.59 Å². The summed E-state index contributed by atoms with van der Waals surface area (Å²) < 4.78 is 10.2. The topological polar surface area (TPSA) is 102 Å². The van der Waals surface area contributed by atoms with E-state index in [1.165, 1.54) is 19.5 Å². The maximum atomic E-state index is 12.2. The molecule has 1 aromatic heterocycles. The van der Waals surface area contributed by atoms with Crippen LogP contribution in [0.1, 0.15) is 54.1 Å². The number of amides is 1. The Labute approximate surface area is 180 Å². The monoisotopic (exact) mass is 432 g/mol. The molecule has 0 saturated carbocycles. The van der Waals surface area contributed by atoms with Gasteiger partial charge in [0, 0.05) is 30.9 Å². The van der Waals surface area contributed by atoms with Crippen molar-refractivity contribution in [2.24, 2.45) is 0 Å². The lowest BCUT2D eigenvalue weighted by Crippen LogP contribution is -2.25. The molecule has 3 rings (SSSR count). The highest BCUT2D eigenvalue weighted by Crippen LogP contribution is 2.39. The summed E-state index contributed by atoms with van der Waals surface area (Å²) in [7, 11) is 1.39. The number of carbonyl (C=O) groups is 2. The second kappa shape index (κ2) is 10.8. The van der Waals surface area contributed by atoms with Crippen molar-refractivity contribution in [1.29, 1.82) is 0 Å². The van der Waals surface area contributed by atoms with E-state index in [0.29, 0.717) is 41.9 Å². The summed E-state index contributed by atoms with van der Waals surface area (Å²) in [6.07, 6.45) is 6.93. The van der Waals surface area contributed by atoms with Crippen molar-refractivity contribution in [3.8, 4) is 5.75 Å². The summed E-state index contributed by atoms with van der Waals surface area (Å²) >= 11 is 6.14. The minimum Gasteiger partial charge on any atom is -0.489 e. The van der Waals surface area contributed by atoms with Crippen molar-refractivity contribution in [2.75, 3.05) is 25.6 Å². The van der Waals surface area contributed by atoms with Crippen molar-refractivity contribution >= 4 is 29.4 Å². The van der Waals surface area contributed by atoms with Crippen LogP contribution >= 0.6 is 11.6 Å². The van der Waals surface area contributed by atoms with E-state index in [1.807, 2.05) is 12.1 Å². The van der Waals surface area contributed by atoms with Gasteiger partial charge in [-0.2, -0.15) is 0 Å². The van der Waals surface area contributed by atoms with Crippen molar-refractivity contribution in [1.82, 2.24) is 15.3 Å². The zero-order chi connectivity index (χ0) is 21.3. The Hall–Kier alpha value is -2.87. The second-order valence-corrected chi connectivity index (χ2v) is 7.36. The lowest BCUT2D eigenvalue weighted by atomic mass is 10.1. The lowest BCUT2D eigenvalue weighted by Gasteiger charge is -2.11. The number of nitrogens with zero attached hydrogens (tertiary/aromatic N) is 2. The number of fused-ring (bicyclic) bond motifs is 1. The average molecular weight is 433 g/mol. The van der Waals surface area contributed by atoms with E-state index in [-0.39, 0.29) is 17.9 Å². The molecule has 1 aliphatic rings. The van der Waals surface area contributed by atoms with Crippen molar-refractivity contribution < 1.29 is 19.1 Å². The SMILES string of the molecule is COC(=O)CCCCCCNC(=O)c1cnc(NC2COc3c(Cl)cccc32)nc1. The number of esters is 1. The highest BCUT2D eigenvalue weighted by Gasteiger charge is 2.26. The van der Waals surface area contributed by atoms with Crippen LogP contribution < -0.4 is 15.4 Å². The number of ether oxygens (including phenoxy) is 2. The van der Waals surface area contributed by atoms with Gasteiger partial charge in [-0.15, -0.1) is 0 Å². The van der Waals surface area contributed by atoms with E-state index in [9.17, 15) is 9.59 Å². The fourth-order valence-corrected chi connectivity index (χ4v) is 3.39. The number of hydrogen-bond donors (Lipinski definition) is 2. The van der Waals surface area contributed by atoms with Gasteiger partial charge >= 0.3 is 5.97 Å². The Kier molecular flexibility index (Phi) is 7.84. The van der Waals surface area contributed by atoms with E-state index in [4.69, 9.17) is 16.3 Å². The highest BCUT2D eigenvalue weighted by molar-refractivity contribution is 6.32. The number of anilines is 1. The van der Waals surface area contributed by atoms with Gasteiger partial charge in [0.25, 0.3) is 5.91 Å². The average Bonchev–Trinajstić information content (AvgIpc) is 3.17. The number of para-hydroxylation sites is 1. The van der Waals surface area contributed by atoms with Crippen molar-refractivity contribution in [2.45, 2.75) is 38.1 Å². The van der Waals surface area contributed by atoms with Gasteiger partial charge in [0.05, 0.1) is 23.7 Å². The Morgan fingerprint density at radius 1 is 1.20 bits per heavy atom. The maximum absolute atomic E-state index is 12.2. The van der Waals surface area contributed by atoms with Crippen molar-refractivity contribution in [3.05, 3.63) is 46.7 Å². The van der Waals surface area contributed by atoms with Gasteiger partial charge in [0.1, 0.15) is 12.4 Å². The van der Waals surface area contributed by atoms with Gasteiger partial charge in [0.15, 0.2) is 0 Å². The molecule has 1 atom stereocenters. The van der Waals surface area contributed by atoms with Crippen LogP contribution in [0, 0.1) is 0 Å². The third-order valence-electron chi connectivity index (χ3n) is 4.81. The largest absolute Gasteiger partial charge is 0.489 e. The standard InChI is InChI=1S/C21H25ClN4O4/c1-29-18(27)9-4-2-3-5-10-23-20(28)14-11-24-21(25-12-14)26-17-13-30-19-15(17)7-6-8-16(19)22/h6-8,11-12,17H,2-5,9-10,13H2,1H3,(H,23,28)(H,24,25,26). The minimum absolute atomic E-state index is 0.0995. The quantitative estimate of drug-likeness (QED) is 0.437. The second-order valence-electron chi connectivity index (χ2n) is 6.96. The first-order chi connectivity index (χ1) is 14.6. The number of benzene rings is 1. The molecule has 0 fully saturated rings. The molecule has 2 heterocycles. The fraction of sp³-hybridized carbons (Fsp3) is 0.429. The molecule has 0 radical (unpaired) electrons. The zero-order valence-corrected chi connectivity index (χ0v) is 17.6. The summed E-state index contributed by atoms with van der Waals surface area (Å²) in [5, 5.41) is 6.64. The molecule has 1 amide bonds.